The summed E-state index contributed by atoms with van der Waals surface area (Å²) in [5.74, 6) is 1.49. The topological polar surface area (TPSA) is 172 Å². The van der Waals surface area contributed by atoms with E-state index in [2.05, 4.69) is 41.5 Å². The Balaban J connectivity index is 0.000000273. The third-order valence-corrected chi connectivity index (χ3v) is 8.34. The van der Waals surface area contributed by atoms with Gasteiger partial charge in [0.15, 0.2) is 0 Å². The molecule has 0 unspecified atom stereocenters. The number of fused-ring (bicyclic) bond motifs is 1. The Hall–Kier alpha value is -3.53. The largest absolute Gasteiger partial charge is 0.476 e. The number of aromatic amines is 1. The third-order valence-electron chi connectivity index (χ3n) is 7.74. The summed E-state index contributed by atoms with van der Waals surface area (Å²) in [6, 6.07) is 4.98. The highest BCUT2D eigenvalue weighted by atomic mass is 32.2. The van der Waals surface area contributed by atoms with Crippen molar-refractivity contribution in [1.82, 2.24) is 29.7 Å². The highest BCUT2D eigenvalue weighted by Gasteiger charge is 2.15. The number of ether oxygens (including phenoxy) is 2. The Morgan fingerprint density at radius 3 is 2.31 bits per heavy atom. The fourth-order valence-electron chi connectivity index (χ4n) is 5.21. The summed E-state index contributed by atoms with van der Waals surface area (Å²) in [7, 11) is -1.26. The molecule has 15 heteroatoms. The molecule has 2 saturated heterocycles. The molecule has 252 valence electrons. The number of morpholine rings is 1. The summed E-state index contributed by atoms with van der Waals surface area (Å²) in [5.41, 5.74) is 5.95. The Morgan fingerprint density at radius 1 is 1.02 bits per heavy atom. The molecule has 3 fully saturated rings. The van der Waals surface area contributed by atoms with Crippen molar-refractivity contribution in [1.29, 1.82) is 0 Å². The minimum Gasteiger partial charge on any atom is -0.476 e. The van der Waals surface area contributed by atoms with Gasteiger partial charge in [-0.1, -0.05) is 38.5 Å². The number of rotatable bonds is 7. The lowest BCUT2D eigenvalue weighted by molar-refractivity contribution is 0.122. The first kappa shape index (κ1) is 34.3. The second kappa shape index (κ2) is 17.2. The molecule has 1 saturated carbocycles. The molecule has 0 atom stereocenters. The lowest BCUT2D eigenvalue weighted by Gasteiger charge is -2.32. The van der Waals surface area contributed by atoms with E-state index in [1.807, 2.05) is 4.90 Å². The zero-order chi connectivity index (χ0) is 32.1. The van der Waals surface area contributed by atoms with Gasteiger partial charge in [0.1, 0.15) is 12.4 Å². The number of hydrogen-bond donors (Lipinski definition) is 3. The van der Waals surface area contributed by atoms with Crippen LogP contribution in [-0.2, 0) is 14.8 Å². The number of H-pyrrole nitrogens is 1. The van der Waals surface area contributed by atoms with E-state index in [9.17, 15) is 13.2 Å². The van der Waals surface area contributed by atoms with E-state index < -0.39 is 10.0 Å². The molecule has 14 nitrogen and oxygen atoms in total. The van der Waals surface area contributed by atoms with E-state index in [0.717, 1.165) is 39.0 Å². The molecular formula is C30H51N9O5S. The number of piperazine rings is 1. The molecule has 3 aromatic heterocycles. The van der Waals surface area contributed by atoms with Gasteiger partial charge in [0.25, 0.3) is 5.56 Å². The minimum atomic E-state index is -3.41. The first-order valence-electron chi connectivity index (χ1n) is 15.6. The second-order valence-corrected chi connectivity index (χ2v) is 13.2. The van der Waals surface area contributed by atoms with Crippen molar-refractivity contribution in [2.45, 2.75) is 38.5 Å². The van der Waals surface area contributed by atoms with Crippen LogP contribution in [0.4, 0.5) is 17.5 Å². The maximum Gasteiger partial charge on any atom is 0.259 e. The normalized spacial score (nSPS) is 17.9. The van der Waals surface area contributed by atoms with Crippen molar-refractivity contribution in [3.05, 3.63) is 40.9 Å². The summed E-state index contributed by atoms with van der Waals surface area (Å²) in [4.78, 5) is 33.8. The van der Waals surface area contributed by atoms with E-state index in [-0.39, 0.29) is 20.0 Å². The number of nitrogens with zero attached hydrogens (tertiary/aromatic N) is 6. The van der Waals surface area contributed by atoms with Crippen LogP contribution in [0.5, 0.6) is 5.88 Å². The van der Waals surface area contributed by atoms with Gasteiger partial charge in [0.05, 0.1) is 42.3 Å². The molecule has 0 bridgehead atoms. The molecule has 3 aromatic rings. The summed E-state index contributed by atoms with van der Waals surface area (Å²) in [5, 5.41) is 0.339. The van der Waals surface area contributed by atoms with Crippen molar-refractivity contribution < 1.29 is 20.7 Å². The molecule has 1 aliphatic carbocycles. The first-order valence-corrected chi connectivity index (χ1v) is 17.5. The molecule has 45 heavy (non-hydrogen) atoms. The van der Waals surface area contributed by atoms with Crippen LogP contribution in [0.3, 0.4) is 0 Å². The van der Waals surface area contributed by atoms with Crippen molar-refractivity contribution >= 4 is 38.4 Å². The highest BCUT2D eigenvalue weighted by Crippen LogP contribution is 2.19. The molecular weight excluding hydrogens is 598 g/mol. The predicted molar refractivity (Wildman–Crippen MR) is 182 cm³/mol. The average Bonchev–Trinajstić information content (AvgIpc) is 3.03. The quantitative estimate of drug-likeness (QED) is 0.342. The summed E-state index contributed by atoms with van der Waals surface area (Å²) in [6.45, 7) is 8.66. The molecule has 0 amide bonds. The summed E-state index contributed by atoms with van der Waals surface area (Å²) >= 11 is 0. The average molecular weight is 650 g/mol. The number of likely N-dealkylation sites (N-methyl/N-ethyl adjacent to an activating group) is 1. The van der Waals surface area contributed by atoms with Crippen molar-refractivity contribution in [2.24, 2.45) is 0 Å². The maximum absolute atomic E-state index is 12.2. The molecule has 3 aliphatic rings. The minimum absolute atomic E-state index is 0. The fourth-order valence-corrected chi connectivity index (χ4v) is 5.75. The molecule has 6 rings (SSSR count). The van der Waals surface area contributed by atoms with Crippen LogP contribution in [0, 0.1) is 0 Å². The van der Waals surface area contributed by atoms with Gasteiger partial charge in [-0.2, -0.15) is 4.98 Å². The Morgan fingerprint density at radius 2 is 1.69 bits per heavy atom. The Bertz CT molecular complexity index is 1500. The van der Waals surface area contributed by atoms with E-state index in [0.29, 0.717) is 55.5 Å². The molecule has 5 heterocycles. The number of anilines is 3. The Labute approximate surface area is 268 Å². The van der Waals surface area contributed by atoms with E-state index in [1.54, 1.807) is 18.3 Å². The van der Waals surface area contributed by atoms with Gasteiger partial charge in [0, 0.05) is 67.0 Å². The molecule has 0 aromatic carbocycles. The van der Waals surface area contributed by atoms with Gasteiger partial charge in [-0.05, 0) is 13.1 Å². The predicted octanol–water partition coefficient (Wildman–Crippen LogP) is 2.65. The SMILES string of the molecule is C1CCCCC1.CN1CCN(CCOc2ccnc(N)n2)CC1.CS(=O)(=O)Nc1cnc2cc(N3CCOCC3)[nH]c(=O)c2c1.[HH].[HH]. The van der Waals surface area contributed by atoms with E-state index in [1.165, 1.54) is 50.8 Å². The highest BCUT2D eigenvalue weighted by molar-refractivity contribution is 7.92. The molecule has 4 N–H and O–H groups in total. The van der Waals surface area contributed by atoms with Crippen LogP contribution in [-0.4, -0.2) is 117 Å². The van der Waals surface area contributed by atoms with Crippen LogP contribution < -0.4 is 25.7 Å². The molecule has 0 spiro atoms. The van der Waals surface area contributed by atoms with Gasteiger partial charge >= 0.3 is 0 Å². The monoisotopic (exact) mass is 649 g/mol. The van der Waals surface area contributed by atoms with Crippen molar-refractivity contribution in [3.63, 3.8) is 0 Å². The van der Waals surface area contributed by atoms with Gasteiger partial charge in [-0.25, -0.2) is 13.4 Å². The van der Waals surface area contributed by atoms with Crippen LogP contribution in [0.25, 0.3) is 10.9 Å². The molecule has 0 radical (unpaired) electrons. The number of pyridine rings is 2. The maximum atomic E-state index is 12.2. The third kappa shape index (κ3) is 12.1. The fraction of sp³-hybridized carbons (Fsp3) is 0.600. The number of nitrogen functional groups attached to an aromatic ring is 1. The van der Waals surface area contributed by atoms with Gasteiger partial charge in [-0.3, -0.25) is 19.4 Å². The standard InChI is InChI=1S/C13H16N4O4S.C11H19N5O.C6H12.2H2/c1-22(19,20)16-9-6-10-11(14-8-9)7-12(15-13(10)18)17-2-4-21-5-3-17;1-15-4-6-16(7-5-15)8-9-17-10-2-3-13-11(12)14-10;1-2-4-6-5-3-1;;/h6-8,16H,2-5H2,1H3,(H,15,18);2-3H,4-9H2,1H3,(H2,12,13,14);1-6H2;2*1H. The van der Waals surface area contributed by atoms with Crippen molar-refractivity contribution in [2.75, 3.05) is 94.3 Å². The lowest BCUT2D eigenvalue weighted by Crippen LogP contribution is -2.45. The second-order valence-electron chi connectivity index (χ2n) is 11.5. The zero-order valence-electron chi connectivity index (χ0n) is 26.4. The summed E-state index contributed by atoms with van der Waals surface area (Å²) in [6.07, 6.45) is 13.0. The summed E-state index contributed by atoms with van der Waals surface area (Å²) < 4.78 is 35.6. The van der Waals surface area contributed by atoms with Crippen molar-refractivity contribution in [3.8, 4) is 5.88 Å². The van der Waals surface area contributed by atoms with Crippen LogP contribution >= 0.6 is 0 Å². The smallest absolute Gasteiger partial charge is 0.259 e. The number of aromatic nitrogens is 4. The van der Waals surface area contributed by atoms with Crippen LogP contribution in [0.15, 0.2) is 35.4 Å². The van der Waals surface area contributed by atoms with E-state index >= 15 is 0 Å². The van der Waals surface area contributed by atoms with E-state index in [4.69, 9.17) is 15.2 Å². The lowest BCUT2D eigenvalue weighted by atomic mass is 10.0. The number of nitrogens with two attached hydrogens (primary N) is 1. The van der Waals surface area contributed by atoms with Crippen LogP contribution in [0.1, 0.15) is 41.4 Å². The number of sulfonamides is 1. The molecule has 2 aliphatic heterocycles. The number of hydrogen-bond acceptors (Lipinski definition) is 12. The number of nitrogens with one attached hydrogen (secondary N) is 2. The van der Waals surface area contributed by atoms with Crippen LogP contribution in [0.2, 0.25) is 0 Å². The zero-order valence-corrected chi connectivity index (χ0v) is 27.2. The van der Waals surface area contributed by atoms with Gasteiger partial charge in [-0.15, -0.1) is 0 Å². The Kier molecular flexibility index (Phi) is 13.2. The van der Waals surface area contributed by atoms with Gasteiger partial charge in [0.2, 0.25) is 21.9 Å². The van der Waals surface area contributed by atoms with Gasteiger partial charge < -0.3 is 30.0 Å². The first-order chi connectivity index (χ1) is 21.7.